The van der Waals surface area contributed by atoms with Crippen LogP contribution in [-0.2, 0) is 17.8 Å². The van der Waals surface area contributed by atoms with E-state index >= 15 is 0 Å². The first kappa shape index (κ1) is 20.5. The van der Waals surface area contributed by atoms with Gasteiger partial charge in [-0.1, -0.05) is 29.8 Å². The van der Waals surface area contributed by atoms with Gasteiger partial charge in [0.25, 0.3) is 6.43 Å². The van der Waals surface area contributed by atoms with E-state index in [0.29, 0.717) is 41.8 Å². The number of amides is 1. The monoisotopic (exact) mass is 434 g/mol. The number of likely N-dealkylation sites (tertiary alicyclic amines) is 1. The Bertz CT molecular complexity index is 1050. The van der Waals surface area contributed by atoms with Crippen molar-refractivity contribution in [1.29, 1.82) is 0 Å². The van der Waals surface area contributed by atoms with E-state index in [1.165, 1.54) is 6.07 Å². The highest BCUT2D eigenvalue weighted by Crippen LogP contribution is 2.33. The summed E-state index contributed by atoms with van der Waals surface area (Å²) < 4.78 is 33.4. The molecule has 0 aliphatic carbocycles. The molecule has 1 saturated heterocycles. The third kappa shape index (κ3) is 4.23. The second-order valence-corrected chi connectivity index (χ2v) is 7.75. The van der Waals surface area contributed by atoms with Crippen LogP contribution in [-0.4, -0.2) is 32.1 Å². The number of rotatable bonds is 6. The molecule has 1 fully saturated rings. The van der Waals surface area contributed by atoms with E-state index < -0.39 is 6.43 Å². The summed E-state index contributed by atoms with van der Waals surface area (Å²) in [7, 11) is 0. The molecule has 1 aliphatic rings. The van der Waals surface area contributed by atoms with Crippen LogP contribution >= 0.6 is 11.6 Å². The van der Waals surface area contributed by atoms with Gasteiger partial charge in [-0.15, -0.1) is 0 Å². The van der Waals surface area contributed by atoms with Crippen LogP contribution in [0.15, 0.2) is 40.9 Å². The molecule has 6 nitrogen and oxygen atoms in total. The highest BCUT2D eigenvalue weighted by Gasteiger charge is 2.34. The SMILES string of the molecule is Cc1cc(C(F)F)n(CC(=O)N2CCC[C@H]2c2ncc(Cc3ccccc3Cl)o2)n1. The molecule has 2 aromatic heterocycles. The number of benzene rings is 1. The average molecular weight is 435 g/mol. The summed E-state index contributed by atoms with van der Waals surface area (Å²) in [5, 5.41) is 4.69. The average Bonchev–Trinajstić information content (AvgIpc) is 3.43. The van der Waals surface area contributed by atoms with E-state index in [-0.39, 0.29) is 24.2 Å². The maximum absolute atomic E-state index is 13.2. The summed E-state index contributed by atoms with van der Waals surface area (Å²) in [5.41, 5.74) is 1.12. The zero-order chi connectivity index (χ0) is 21.3. The number of hydrogen-bond acceptors (Lipinski definition) is 4. The summed E-state index contributed by atoms with van der Waals surface area (Å²) >= 11 is 6.21. The molecule has 9 heteroatoms. The van der Waals surface area contributed by atoms with Crippen LogP contribution in [0.1, 0.15) is 53.9 Å². The van der Waals surface area contributed by atoms with Crippen molar-refractivity contribution < 1.29 is 18.0 Å². The highest BCUT2D eigenvalue weighted by molar-refractivity contribution is 6.31. The number of carbonyl (C=O) groups is 1. The minimum atomic E-state index is -2.69. The van der Waals surface area contributed by atoms with Gasteiger partial charge in [0, 0.05) is 18.0 Å². The number of oxazole rings is 1. The second-order valence-electron chi connectivity index (χ2n) is 7.35. The van der Waals surface area contributed by atoms with Gasteiger partial charge in [-0.05, 0) is 37.5 Å². The quantitative estimate of drug-likeness (QED) is 0.563. The van der Waals surface area contributed by atoms with E-state index in [1.807, 2.05) is 24.3 Å². The number of hydrogen-bond donors (Lipinski definition) is 0. The Hall–Kier alpha value is -2.74. The van der Waals surface area contributed by atoms with Crippen LogP contribution in [0.25, 0.3) is 0 Å². The molecular formula is C21H21ClF2N4O2. The lowest BCUT2D eigenvalue weighted by Crippen LogP contribution is -2.34. The zero-order valence-electron chi connectivity index (χ0n) is 16.4. The summed E-state index contributed by atoms with van der Waals surface area (Å²) in [6.45, 7) is 1.91. The first-order valence-electron chi connectivity index (χ1n) is 9.72. The lowest BCUT2D eigenvalue weighted by atomic mass is 10.1. The van der Waals surface area contributed by atoms with Gasteiger partial charge in [0.2, 0.25) is 11.8 Å². The van der Waals surface area contributed by atoms with Gasteiger partial charge in [0.05, 0.1) is 11.9 Å². The fraction of sp³-hybridized carbons (Fsp3) is 0.381. The third-order valence-electron chi connectivity index (χ3n) is 5.19. The molecule has 0 radical (unpaired) electrons. The van der Waals surface area contributed by atoms with Crippen molar-refractivity contribution in [3.8, 4) is 0 Å². The van der Waals surface area contributed by atoms with Gasteiger partial charge in [-0.2, -0.15) is 5.10 Å². The van der Waals surface area contributed by atoms with Crippen molar-refractivity contribution in [1.82, 2.24) is 19.7 Å². The molecule has 0 unspecified atom stereocenters. The largest absolute Gasteiger partial charge is 0.443 e. The topological polar surface area (TPSA) is 64.2 Å². The van der Waals surface area contributed by atoms with E-state index in [9.17, 15) is 13.6 Å². The zero-order valence-corrected chi connectivity index (χ0v) is 17.1. The fourth-order valence-corrected chi connectivity index (χ4v) is 4.00. The van der Waals surface area contributed by atoms with Crippen LogP contribution in [0.5, 0.6) is 0 Å². The van der Waals surface area contributed by atoms with Crippen molar-refractivity contribution >= 4 is 17.5 Å². The number of halogens is 3. The van der Waals surface area contributed by atoms with E-state index in [4.69, 9.17) is 16.0 Å². The fourth-order valence-electron chi connectivity index (χ4n) is 3.80. The normalized spacial score (nSPS) is 16.6. The Labute approximate surface area is 177 Å². The molecule has 1 atom stereocenters. The van der Waals surface area contributed by atoms with Gasteiger partial charge in [-0.25, -0.2) is 13.8 Å². The van der Waals surface area contributed by atoms with Crippen molar-refractivity contribution in [2.75, 3.05) is 6.54 Å². The van der Waals surface area contributed by atoms with Gasteiger partial charge in [-0.3, -0.25) is 9.48 Å². The predicted molar refractivity (Wildman–Crippen MR) is 106 cm³/mol. The number of carbonyl (C=O) groups excluding carboxylic acids is 1. The Morgan fingerprint density at radius 1 is 1.37 bits per heavy atom. The van der Waals surface area contributed by atoms with Gasteiger partial charge in [0.15, 0.2) is 0 Å². The number of alkyl halides is 2. The van der Waals surface area contributed by atoms with Crippen LogP contribution in [0.3, 0.4) is 0 Å². The third-order valence-corrected chi connectivity index (χ3v) is 5.56. The summed E-state index contributed by atoms with van der Waals surface area (Å²) in [5.74, 6) is 0.821. The van der Waals surface area contributed by atoms with E-state index in [2.05, 4.69) is 10.1 Å². The van der Waals surface area contributed by atoms with Gasteiger partial charge in [0.1, 0.15) is 24.0 Å². The van der Waals surface area contributed by atoms with Crippen molar-refractivity contribution in [2.45, 2.75) is 45.2 Å². The van der Waals surface area contributed by atoms with Crippen LogP contribution in [0.2, 0.25) is 5.02 Å². The Balaban J connectivity index is 1.48. The lowest BCUT2D eigenvalue weighted by molar-refractivity contribution is -0.133. The highest BCUT2D eigenvalue weighted by atomic mass is 35.5. The molecule has 0 bridgehead atoms. The van der Waals surface area contributed by atoms with E-state index in [1.54, 1.807) is 18.0 Å². The van der Waals surface area contributed by atoms with Crippen LogP contribution in [0, 0.1) is 6.92 Å². The molecule has 158 valence electrons. The minimum Gasteiger partial charge on any atom is -0.443 e. The standard InChI is InChI=1S/C21H21ClF2N4O2/c1-13-9-18(20(23)24)28(26-13)12-19(29)27-8-4-7-17(27)21-25-11-15(30-21)10-14-5-2-3-6-16(14)22/h2-3,5-6,9,11,17,20H,4,7-8,10,12H2,1H3/t17-/m0/s1. The number of aryl methyl sites for hydroxylation is 1. The summed E-state index contributed by atoms with van der Waals surface area (Å²) in [6, 6.07) is 8.48. The maximum atomic E-state index is 13.2. The van der Waals surface area contributed by atoms with E-state index in [0.717, 1.165) is 16.7 Å². The molecule has 0 spiro atoms. The molecule has 30 heavy (non-hydrogen) atoms. The second kappa shape index (κ2) is 8.55. The smallest absolute Gasteiger partial charge is 0.280 e. The number of aromatic nitrogens is 3. The molecule has 4 rings (SSSR count). The molecule has 0 saturated carbocycles. The van der Waals surface area contributed by atoms with Gasteiger partial charge < -0.3 is 9.32 Å². The van der Waals surface area contributed by atoms with Crippen LogP contribution in [0.4, 0.5) is 8.78 Å². The maximum Gasteiger partial charge on any atom is 0.280 e. The summed E-state index contributed by atoms with van der Waals surface area (Å²) in [6.07, 6.45) is 0.951. The molecular weight excluding hydrogens is 414 g/mol. The van der Waals surface area contributed by atoms with Crippen molar-refractivity contribution in [2.24, 2.45) is 0 Å². The molecule has 1 amide bonds. The Kier molecular flexibility index (Phi) is 5.85. The first-order chi connectivity index (χ1) is 14.4. The molecule has 3 heterocycles. The minimum absolute atomic E-state index is 0.239. The van der Waals surface area contributed by atoms with Crippen molar-refractivity contribution in [3.05, 3.63) is 70.2 Å². The van der Waals surface area contributed by atoms with Gasteiger partial charge >= 0.3 is 0 Å². The molecule has 0 N–H and O–H groups in total. The predicted octanol–water partition coefficient (Wildman–Crippen LogP) is 4.73. The number of nitrogens with zero attached hydrogens (tertiary/aromatic N) is 4. The lowest BCUT2D eigenvalue weighted by Gasteiger charge is -2.22. The molecule has 1 aliphatic heterocycles. The Morgan fingerprint density at radius 2 is 2.17 bits per heavy atom. The molecule has 3 aromatic rings. The first-order valence-corrected chi connectivity index (χ1v) is 10.1. The van der Waals surface area contributed by atoms with Crippen molar-refractivity contribution in [3.63, 3.8) is 0 Å². The Morgan fingerprint density at radius 3 is 2.93 bits per heavy atom. The van der Waals surface area contributed by atoms with Crippen LogP contribution < -0.4 is 0 Å². The summed E-state index contributed by atoms with van der Waals surface area (Å²) in [4.78, 5) is 18.9. The molecule has 1 aromatic carbocycles.